The maximum Gasteiger partial charge on any atom is 0.233 e. The minimum atomic E-state index is 0.556. The molecule has 4 heteroatoms. The second kappa shape index (κ2) is 3.62. The molecule has 4 nitrogen and oxygen atoms in total. The van der Waals surface area contributed by atoms with Crippen LogP contribution in [0.5, 0.6) is 0 Å². The minimum absolute atomic E-state index is 0.556. The average molecular weight is 202 g/mol. The summed E-state index contributed by atoms with van der Waals surface area (Å²) in [5.41, 5.74) is 1.17. The summed E-state index contributed by atoms with van der Waals surface area (Å²) in [7, 11) is 0. The van der Waals surface area contributed by atoms with Crippen molar-refractivity contribution in [3.63, 3.8) is 0 Å². The van der Waals surface area contributed by atoms with Crippen LogP contribution in [0.4, 0.5) is 0 Å². The zero-order chi connectivity index (χ0) is 10.1. The third-order valence-corrected chi connectivity index (χ3v) is 2.97. The molecule has 15 heavy (non-hydrogen) atoms. The van der Waals surface area contributed by atoms with Gasteiger partial charge in [0.15, 0.2) is 0 Å². The fourth-order valence-electron chi connectivity index (χ4n) is 2.15. The van der Waals surface area contributed by atoms with E-state index in [0.29, 0.717) is 5.92 Å². The number of rotatable bonds is 1. The Bertz CT molecular complexity index is 423. The molecule has 78 valence electrons. The first-order valence-electron chi connectivity index (χ1n) is 5.44. The number of nitrogens with one attached hydrogen (secondary N) is 1. The van der Waals surface area contributed by atoms with Crippen molar-refractivity contribution in [3.05, 3.63) is 30.4 Å². The van der Waals surface area contributed by atoms with Gasteiger partial charge in [0.2, 0.25) is 5.78 Å². The van der Waals surface area contributed by atoms with Crippen molar-refractivity contribution in [3.8, 4) is 0 Å². The van der Waals surface area contributed by atoms with Crippen molar-refractivity contribution in [1.29, 1.82) is 0 Å². The summed E-state index contributed by atoms with van der Waals surface area (Å²) in [4.78, 5) is 8.78. The summed E-state index contributed by atoms with van der Waals surface area (Å²) in [6, 6.07) is 1.93. The predicted octanol–water partition coefficient (Wildman–Crippen LogP) is 1.20. The second-order valence-corrected chi connectivity index (χ2v) is 4.04. The molecule has 1 unspecified atom stereocenters. The normalized spacial score (nSPS) is 22.0. The minimum Gasteiger partial charge on any atom is -0.316 e. The largest absolute Gasteiger partial charge is 0.316 e. The molecule has 0 radical (unpaired) electrons. The average Bonchev–Trinajstić information content (AvgIpc) is 2.74. The Hall–Kier alpha value is -1.42. The third kappa shape index (κ3) is 1.61. The number of hydrogen-bond donors (Lipinski definition) is 1. The quantitative estimate of drug-likeness (QED) is 0.755. The molecule has 3 heterocycles. The van der Waals surface area contributed by atoms with E-state index in [0.717, 1.165) is 18.9 Å². The van der Waals surface area contributed by atoms with Crippen LogP contribution in [0.25, 0.3) is 5.78 Å². The summed E-state index contributed by atoms with van der Waals surface area (Å²) in [5, 5.41) is 3.41. The van der Waals surface area contributed by atoms with Gasteiger partial charge in [-0.05, 0) is 25.5 Å². The van der Waals surface area contributed by atoms with Gasteiger partial charge in [-0.15, -0.1) is 0 Å². The lowest BCUT2D eigenvalue weighted by Gasteiger charge is -2.20. The lowest BCUT2D eigenvalue weighted by Crippen LogP contribution is -2.28. The second-order valence-electron chi connectivity index (χ2n) is 4.04. The van der Waals surface area contributed by atoms with Gasteiger partial charge in [0.25, 0.3) is 0 Å². The number of aromatic nitrogens is 3. The molecular weight excluding hydrogens is 188 g/mol. The van der Waals surface area contributed by atoms with E-state index in [1.54, 1.807) is 6.20 Å². The van der Waals surface area contributed by atoms with E-state index in [-0.39, 0.29) is 0 Å². The highest BCUT2D eigenvalue weighted by molar-refractivity contribution is 5.31. The highest BCUT2D eigenvalue weighted by atomic mass is 15.1. The number of fused-ring (bicyclic) bond motifs is 1. The van der Waals surface area contributed by atoms with E-state index in [1.807, 2.05) is 16.7 Å². The van der Waals surface area contributed by atoms with Crippen molar-refractivity contribution in [1.82, 2.24) is 19.7 Å². The lowest BCUT2D eigenvalue weighted by atomic mass is 9.97. The van der Waals surface area contributed by atoms with Crippen LogP contribution in [0.1, 0.15) is 24.5 Å². The first kappa shape index (κ1) is 8.85. The Morgan fingerprint density at radius 2 is 2.47 bits per heavy atom. The maximum atomic E-state index is 4.55. The standard InChI is InChI=1S/C11H14N4/c1-3-9(7-12-4-1)10-8-15-6-2-5-13-11(15)14-10/h2,5-6,8-9,12H,1,3-4,7H2. The summed E-state index contributed by atoms with van der Waals surface area (Å²) in [6.07, 6.45) is 8.35. The first-order valence-corrected chi connectivity index (χ1v) is 5.44. The molecule has 0 spiro atoms. The number of imidazole rings is 1. The molecular formula is C11H14N4. The summed E-state index contributed by atoms with van der Waals surface area (Å²) in [5.74, 6) is 1.36. The van der Waals surface area contributed by atoms with Crippen LogP contribution in [0.3, 0.4) is 0 Å². The molecule has 2 aromatic rings. The van der Waals surface area contributed by atoms with E-state index >= 15 is 0 Å². The van der Waals surface area contributed by atoms with Gasteiger partial charge in [0, 0.05) is 31.1 Å². The molecule has 0 saturated carbocycles. The zero-order valence-corrected chi connectivity index (χ0v) is 8.56. The van der Waals surface area contributed by atoms with Crippen molar-refractivity contribution >= 4 is 5.78 Å². The van der Waals surface area contributed by atoms with E-state index in [9.17, 15) is 0 Å². The van der Waals surface area contributed by atoms with Crippen LogP contribution in [-0.4, -0.2) is 27.5 Å². The molecule has 1 atom stereocenters. The molecule has 0 aromatic carbocycles. The zero-order valence-electron chi connectivity index (χ0n) is 8.56. The van der Waals surface area contributed by atoms with E-state index in [2.05, 4.69) is 21.5 Å². The molecule has 0 aliphatic carbocycles. The molecule has 1 aliphatic heterocycles. The molecule has 1 fully saturated rings. The third-order valence-electron chi connectivity index (χ3n) is 2.97. The Balaban J connectivity index is 1.96. The van der Waals surface area contributed by atoms with Gasteiger partial charge in [-0.25, -0.2) is 9.97 Å². The SMILES string of the molecule is c1cnc2nc(C3CCCNC3)cn2c1. The van der Waals surface area contributed by atoms with Crippen molar-refractivity contribution in [2.24, 2.45) is 0 Å². The van der Waals surface area contributed by atoms with Gasteiger partial charge in [-0.1, -0.05) is 0 Å². The van der Waals surface area contributed by atoms with Crippen LogP contribution < -0.4 is 5.32 Å². The van der Waals surface area contributed by atoms with Crippen LogP contribution in [0.15, 0.2) is 24.7 Å². The molecule has 1 N–H and O–H groups in total. The van der Waals surface area contributed by atoms with Crippen LogP contribution in [0.2, 0.25) is 0 Å². The summed E-state index contributed by atoms with van der Waals surface area (Å²) < 4.78 is 1.99. The molecule has 3 rings (SSSR count). The van der Waals surface area contributed by atoms with Crippen LogP contribution in [0, 0.1) is 0 Å². The smallest absolute Gasteiger partial charge is 0.233 e. The van der Waals surface area contributed by atoms with Gasteiger partial charge >= 0.3 is 0 Å². The lowest BCUT2D eigenvalue weighted by molar-refractivity contribution is 0.456. The van der Waals surface area contributed by atoms with E-state index in [4.69, 9.17) is 0 Å². The van der Waals surface area contributed by atoms with Crippen LogP contribution in [-0.2, 0) is 0 Å². The number of hydrogen-bond acceptors (Lipinski definition) is 3. The fourth-order valence-corrected chi connectivity index (χ4v) is 2.15. The van der Waals surface area contributed by atoms with E-state index < -0.39 is 0 Å². The Morgan fingerprint density at radius 1 is 1.47 bits per heavy atom. The fraction of sp³-hybridized carbons (Fsp3) is 0.455. The summed E-state index contributed by atoms with van der Waals surface area (Å²) in [6.45, 7) is 2.19. The number of piperidine rings is 1. The highest BCUT2D eigenvalue weighted by Crippen LogP contribution is 2.21. The predicted molar refractivity (Wildman–Crippen MR) is 57.8 cm³/mol. The van der Waals surface area contributed by atoms with E-state index in [1.165, 1.54) is 18.5 Å². The molecule has 2 aromatic heterocycles. The summed E-state index contributed by atoms with van der Waals surface area (Å²) >= 11 is 0. The molecule has 1 aliphatic rings. The first-order chi connectivity index (χ1) is 7.43. The molecule has 0 bridgehead atoms. The monoisotopic (exact) mass is 202 g/mol. The molecule has 1 saturated heterocycles. The maximum absolute atomic E-state index is 4.55. The van der Waals surface area contributed by atoms with Gasteiger partial charge in [0.05, 0.1) is 5.69 Å². The van der Waals surface area contributed by atoms with Crippen molar-refractivity contribution in [2.75, 3.05) is 13.1 Å². The highest BCUT2D eigenvalue weighted by Gasteiger charge is 2.17. The number of nitrogens with zero attached hydrogens (tertiary/aromatic N) is 3. The Kier molecular flexibility index (Phi) is 2.14. The van der Waals surface area contributed by atoms with Crippen molar-refractivity contribution in [2.45, 2.75) is 18.8 Å². The van der Waals surface area contributed by atoms with Gasteiger partial charge in [-0.2, -0.15) is 0 Å². The van der Waals surface area contributed by atoms with Gasteiger partial charge in [0.1, 0.15) is 0 Å². The van der Waals surface area contributed by atoms with Gasteiger partial charge in [-0.3, -0.25) is 4.40 Å². The topological polar surface area (TPSA) is 42.2 Å². The van der Waals surface area contributed by atoms with Gasteiger partial charge < -0.3 is 5.32 Å². The Labute approximate surface area is 88.4 Å². The van der Waals surface area contributed by atoms with Crippen molar-refractivity contribution < 1.29 is 0 Å². The Morgan fingerprint density at radius 3 is 3.27 bits per heavy atom. The van der Waals surface area contributed by atoms with Crippen LogP contribution >= 0.6 is 0 Å². The molecule has 0 amide bonds.